The molecule has 1 aliphatic heterocycles. The van der Waals surface area contributed by atoms with Crippen LogP contribution >= 0.6 is 11.6 Å². The average molecular weight is 427 g/mol. The molecule has 0 aliphatic carbocycles. The fourth-order valence-corrected chi connectivity index (χ4v) is 4.79. The molecule has 1 saturated heterocycles. The van der Waals surface area contributed by atoms with Gasteiger partial charge in [0, 0.05) is 25.2 Å². The van der Waals surface area contributed by atoms with Crippen molar-refractivity contribution in [2.45, 2.75) is 11.3 Å². The summed E-state index contributed by atoms with van der Waals surface area (Å²) in [5.41, 5.74) is 0.666. The highest BCUT2D eigenvalue weighted by molar-refractivity contribution is 7.89. The van der Waals surface area contributed by atoms with E-state index >= 15 is 0 Å². The van der Waals surface area contributed by atoms with Gasteiger partial charge < -0.3 is 10.1 Å². The molecule has 9 heteroatoms. The summed E-state index contributed by atoms with van der Waals surface area (Å²) in [4.78, 5) is 12.3. The molecular weight excluding hydrogens is 407 g/mol. The monoisotopic (exact) mass is 426 g/mol. The largest absolute Gasteiger partial charge is 0.379 e. The first-order chi connectivity index (χ1) is 13.4. The van der Waals surface area contributed by atoms with Gasteiger partial charge in [-0.15, -0.1) is 0 Å². The third kappa shape index (κ3) is 4.70. The Bertz CT molecular complexity index is 962. The predicted molar refractivity (Wildman–Crippen MR) is 103 cm³/mol. The third-order valence-corrected chi connectivity index (χ3v) is 6.80. The number of benzene rings is 2. The minimum atomic E-state index is -3.83. The molecule has 6 nitrogen and oxygen atoms in total. The lowest BCUT2D eigenvalue weighted by Crippen LogP contribution is -2.40. The lowest BCUT2D eigenvalue weighted by Gasteiger charge is -2.26. The molecule has 0 bridgehead atoms. The van der Waals surface area contributed by atoms with E-state index in [0.29, 0.717) is 25.2 Å². The van der Waals surface area contributed by atoms with Gasteiger partial charge in [-0.1, -0.05) is 29.8 Å². The number of carbonyl (C=O) groups is 1. The van der Waals surface area contributed by atoms with Crippen molar-refractivity contribution in [3.05, 3.63) is 64.4 Å². The summed E-state index contributed by atoms with van der Waals surface area (Å²) in [6.07, 6.45) is 0.324. The van der Waals surface area contributed by atoms with Crippen molar-refractivity contribution in [3.8, 4) is 0 Å². The molecule has 1 N–H and O–H groups in total. The molecule has 2 aromatic rings. The number of nitrogens with one attached hydrogen (secondary N) is 1. The maximum atomic E-state index is 13.6. The number of hydrogen-bond donors (Lipinski definition) is 1. The lowest BCUT2D eigenvalue weighted by molar-refractivity contribution is 0.0730. The standard InChI is InChI=1S/C19H20ClFN2O4S/c20-16-6-5-15(13-18(16)28(25,26)23-9-11-27-12-10-23)19(24)22-8-7-14-3-1-2-4-17(14)21/h1-6,13H,7-12H2,(H,22,24). The Kier molecular flexibility index (Phi) is 6.66. The van der Waals surface area contributed by atoms with Gasteiger partial charge in [-0.3, -0.25) is 4.79 Å². The van der Waals surface area contributed by atoms with Gasteiger partial charge in [0.1, 0.15) is 10.7 Å². The third-order valence-electron chi connectivity index (χ3n) is 4.42. The van der Waals surface area contributed by atoms with Crippen LogP contribution in [0.2, 0.25) is 5.02 Å². The number of ether oxygens (including phenoxy) is 1. The van der Waals surface area contributed by atoms with Crippen LogP contribution < -0.4 is 5.32 Å². The first-order valence-electron chi connectivity index (χ1n) is 8.78. The second-order valence-corrected chi connectivity index (χ2v) is 8.57. The number of morpholine rings is 1. The molecule has 1 fully saturated rings. The Hall–Kier alpha value is -2.00. The highest BCUT2D eigenvalue weighted by Crippen LogP contribution is 2.26. The highest BCUT2D eigenvalue weighted by Gasteiger charge is 2.29. The lowest BCUT2D eigenvalue weighted by atomic mass is 10.1. The van der Waals surface area contributed by atoms with E-state index in [9.17, 15) is 17.6 Å². The molecule has 1 amide bonds. The van der Waals surface area contributed by atoms with Crippen LogP contribution in [0.4, 0.5) is 4.39 Å². The van der Waals surface area contributed by atoms with Gasteiger partial charge in [0.2, 0.25) is 10.0 Å². The predicted octanol–water partition coefficient (Wildman–Crippen LogP) is 2.47. The van der Waals surface area contributed by atoms with Crippen LogP contribution in [-0.2, 0) is 21.2 Å². The molecule has 0 saturated carbocycles. The second kappa shape index (κ2) is 9.00. The number of hydrogen-bond acceptors (Lipinski definition) is 4. The molecular formula is C19H20ClFN2O4S. The van der Waals surface area contributed by atoms with E-state index < -0.39 is 15.9 Å². The van der Waals surface area contributed by atoms with Crippen molar-refractivity contribution in [2.24, 2.45) is 0 Å². The van der Waals surface area contributed by atoms with Gasteiger partial charge in [0.15, 0.2) is 0 Å². The molecule has 0 atom stereocenters. The second-order valence-electron chi connectivity index (χ2n) is 6.26. The topological polar surface area (TPSA) is 75.7 Å². The molecule has 0 radical (unpaired) electrons. The first kappa shape index (κ1) is 20.7. The van der Waals surface area contributed by atoms with E-state index in [0.717, 1.165) is 0 Å². The van der Waals surface area contributed by atoms with E-state index in [1.807, 2.05) is 0 Å². The van der Waals surface area contributed by atoms with Gasteiger partial charge in [0.05, 0.1) is 18.2 Å². The van der Waals surface area contributed by atoms with Gasteiger partial charge in [0.25, 0.3) is 5.91 Å². The molecule has 1 heterocycles. The smallest absolute Gasteiger partial charge is 0.251 e. The average Bonchev–Trinajstić information content (AvgIpc) is 2.70. The van der Waals surface area contributed by atoms with Gasteiger partial charge in [-0.05, 0) is 36.2 Å². The van der Waals surface area contributed by atoms with Crippen molar-refractivity contribution in [2.75, 3.05) is 32.8 Å². The number of rotatable bonds is 6. The SMILES string of the molecule is O=C(NCCc1ccccc1F)c1ccc(Cl)c(S(=O)(=O)N2CCOCC2)c1. The van der Waals surface area contributed by atoms with Crippen molar-refractivity contribution in [1.82, 2.24) is 9.62 Å². The Morgan fingerprint density at radius 3 is 2.61 bits per heavy atom. The summed E-state index contributed by atoms with van der Waals surface area (Å²) >= 11 is 6.10. The Morgan fingerprint density at radius 2 is 1.89 bits per heavy atom. The van der Waals surface area contributed by atoms with E-state index in [2.05, 4.69) is 5.32 Å². The van der Waals surface area contributed by atoms with Crippen LogP contribution in [0.1, 0.15) is 15.9 Å². The molecule has 0 aromatic heterocycles. The minimum Gasteiger partial charge on any atom is -0.379 e. The Labute approximate surface area is 168 Å². The summed E-state index contributed by atoms with van der Waals surface area (Å²) in [7, 11) is -3.83. The molecule has 150 valence electrons. The van der Waals surface area contributed by atoms with E-state index in [1.54, 1.807) is 18.2 Å². The number of amides is 1. The number of sulfonamides is 1. The van der Waals surface area contributed by atoms with Gasteiger partial charge >= 0.3 is 0 Å². The van der Waals surface area contributed by atoms with Crippen LogP contribution in [-0.4, -0.2) is 51.5 Å². The summed E-state index contributed by atoms with van der Waals surface area (Å²) in [5.74, 6) is -0.784. The molecule has 0 spiro atoms. The molecule has 28 heavy (non-hydrogen) atoms. The normalized spacial score (nSPS) is 15.4. The van der Waals surface area contributed by atoms with Gasteiger partial charge in [-0.2, -0.15) is 4.31 Å². The summed E-state index contributed by atoms with van der Waals surface area (Å²) in [6.45, 7) is 1.31. The van der Waals surface area contributed by atoms with E-state index in [4.69, 9.17) is 16.3 Å². The fourth-order valence-electron chi connectivity index (χ4n) is 2.88. The summed E-state index contributed by atoms with van der Waals surface area (Å²) < 4.78 is 45.8. The minimum absolute atomic E-state index is 0.0504. The Morgan fingerprint density at radius 1 is 1.18 bits per heavy atom. The highest BCUT2D eigenvalue weighted by atomic mass is 35.5. The van der Waals surface area contributed by atoms with Crippen molar-refractivity contribution >= 4 is 27.5 Å². The zero-order valence-electron chi connectivity index (χ0n) is 15.0. The zero-order chi connectivity index (χ0) is 20.1. The van der Waals surface area contributed by atoms with Crippen molar-refractivity contribution in [3.63, 3.8) is 0 Å². The molecule has 2 aromatic carbocycles. The first-order valence-corrected chi connectivity index (χ1v) is 10.6. The fraction of sp³-hybridized carbons (Fsp3) is 0.316. The van der Waals surface area contributed by atoms with Gasteiger partial charge in [-0.25, -0.2) is 12.8 Å². The summed E-state index contributed by atoms with van der Waals surface area (Å²) in [5, 5.41) is 2.73. The molecule has 1 aliphatic rings. The van der Waals surface area contributed by atoms with E-state index in [1.165, 1.54) is 28.6 Å². The number of nitrogens with zero attached hydrogens (tertiary/aromatic N) is 1. The van der Waals surface area contributed by atoms with Crippen LogP contribution in [0.5, 0.6) is 0 Å². The van der Waals surface area contributed by atoms with Crippen LogP contribution in [0.15, 0.2) is 47.4 Å². The maximum absolute atomic E-state index is 13.6. The van der Waals surface area contributed by atoms with Crippen molar-refractivity contribution in [1.29, 1.82) is 0 Å². The van der Waals surface area contributed by atoms with E-state index in [-0.39, 0.29) is 40.9 Å². The Balaban J connectivity index is 1.71. The molecule has 3 rings (SSSR count). The van der Waals surface area contributed by atoms with Crippen molar-refractivity contribution < 1.29 is 22.3 Å². The molecule has 0 unspecified atom stereocenters. The van der Waals surface area contributed by atoms with Crippen LogP contribution in [0.3, 0.4) is 0 Å². The summed E-state index contributed by atoms with van der Waals surface area (Å²) in [6, 6.07) is 10.4. The van der Waals surface area contributed by atoms with Crippen LogP contribution in [0, 0.1) is 5.82 Å². The zero-order valence-corrected chi connectivity index (χ0v) is 16.6. The number of carbonyl (C=O) groups excluding carboxylic acids is 1. The number of halogens is 2. The maximum Gasteiger partial charge on any atom is 0.251 e. The quantitative estimate of drug-likeness (QED) is 0.770. The van der Waals surface area contributed by atoms with Crippen LogP contribution in [0.25, 0.3) is 0 Å².